The first kappa shape index (κ1) is 21.3. The number of nitro groups is 1. The van der Waals surface area contributed by atoms with Crippen LogP contribution in [-0.4, -0.2) is 45.4 Å². The van der Waals surface area contributed by atoms with Gasteiger partial charge in [-0.1, -0.05) is 12.1 Å². The topological polar surface area (TPSA) is 130 Å². The quantitative estimate of drug-likeness (QED) is 0.350. The molecule has 1 aliphatic heterocycles. The molecule has 1 heterocycles. The normalized spacial score (nSPS) is 15.2. The van der Waals surface area contributed by atoms with E-state index in [4.69, 9.17) is 0 Å². The largest absolute Gasteiger partial charge is 0.355 e. The minimum absolute atomic E-state index is 0. The monoisotopic (exact) mass is 392 g/mol. The third-order valence-corrected chi connectivity index (χ3v) is 5.29. The fraction of sp³-hybridized carbons (Fsp3) is 0.500. The lowest BCUT2D eigenvalue weighted by Crippen LogP contribution is -2.41. The van der Waals surface area contributed by atoms with Crippen LogP contribution in [0.2, 0.25) is 0 Å². The number of sulfonamides is 1. The van der Waals surface area contributed by atoms with E-state index >= 15 is 0 Å². The summed E-state index contributed by atoms with van der Waals surface area (Å²) < 4.78 is 26.6. The number of carbonyl (C=O) groups excluding carboxylic acids is 1. The van der Waals surface area contributed by atoms with Crippen molar-refractivity contribution in [1.29, 1.82) is 0 Å². The summed E-state index contributed by atoms with van der Waals surface area (Å²) >= 11 is 0. The van der Waals surface area contributed by atoms with Gasteiger partial charge in [0.2, 0.25) is 15.9 Å². The van der Waals surface area contributed by atoms with Gasteiger partial charge in [-0.2, -0.15) is 0 Å². The zero-order valence-corrected chi connectivity index (χ0v) is 15.1. The summed E-state index contributed by atoms with van der Waals surface area (Å²) in [5.74, 6) is -0.153. The summed E-state index contributed by atoms with van der Waals surface area (Å²) in [7, 11) is -4.01. The Balaban J connectivity index is 0.00000312. The highest BCUT2D eigenvalue weighted by Crippen LogP contribution is 2.22. The minimum atomic E-state index is -4.01. The SMILES string of the molecule is Cl.O=C(NCCNS(=O)(=O)c1ccccc1[N+](=O)[O-])C1CCNCC1. The van der Waals surface area contributed by atoms with Gasteiger partial charge in [0, 0.05) is 25.1 Å². The summed E-state index contributed by atoms with van der Waals surface area (Å²) in [5, 5.41) is 16.8. The zero-order chi connectivity index (χ0) is 17.6. The molecule has 0 aromatic heterocycles. The Morgan fingerprint density at radius 1 is 1.24 bits per heavy atom. The van der Waals surface area contributed by atoms with Crippen molar-refractivity contribution in [3.8, 4) is 0 Å². The van der Waals surface area contributed by atoms with Gasteiger partial charge in [0.25, 0.3) is 5.69 Å². The fourth-order valence-corrected chi connectivity index (χ4v) is 3.71. The number of nitrogens with zero attached hydrogens (tertiary/aromatic N) is 1. The molecule has 140 valence electrons. The lowest BCUT2D eigenvalue weighted by atomic mass is 9.97. The van der Waals surface area contributed by atoms with Gasteiger partial charge >= 0.3 is 0 Å². The van der Waals surface area contributed by atoms with Crippen molar-refractivity contribution in [2.24, 2.45) is 5.92 Å². The van der Waals surface area contributed by atoms with Crippen molar-refractivity contribution >= 4 is 34.0 Å². The van der Waals surface area contributed by atoms with Crippen molar-refractivity contribution in [1.82, 2.24) is 15.4 Å². The van der Waals surface area contributed by atoms with Gasteiger partial charge in [-0.3, -0.25) is 14.9 Å². The minimum Gasteiger partial charge on any atom is -0.355 e. The van der Waals surface area contributed by atoms with Crippen LogP contribution in [0.15, 0.2) is 29.2 Å². The number of halogens is 1. The number of rotatable bonds is 7. The van der Waals surface area contributed by atoms with Crippen molar-refractivity contribution in [3.05, 3.63) is 34.4 Å². The maximum atomic E-state index is 12.2. The molecule has 0 atom stereocenters. The number of nitro benzene ring substituents is 1. The molecule has 1 amide bonds. The summed E-state index contributed by atoms with van der Waals surface area (Å²) in [6.45, 7) is 1.68. The molecule has 3 N–H and O–H groups in total. The maximum absolute atomic E-state index is 12.2. The van der Waals surface area contributed by atoms with E-state index in [2.05, 4.69) is 15.4 Å². The van der Waals surface area contributed by atoms with Gasteiger partial charge in [-0.05, 0) is 32.0 Å². The maximum Gasteiger partial charge on any atom is 0.289 e. The molecule has 0 radical (unpaired) electrons. The Labute approximate surface area is 152 Å². The second-order valence-electron chi connectivity index (χ2n) is 5.44. The van der Waals surface area contributed by atoms with Gasteiger partial charge in [0.05, 0.1) is 4.92 Å². The number of carbonyl (C=O) groups is 1. The van der Waals surface area contributed by atoms with Gasteiger partial charge in [-0.15, -0.1) is 12.4 Å². The first-order chi connectivity index (χ1) is 11.4. The second-order valence-corrected chi connectivity index (χ2v) is 7.17. The van der Waals surface area contributed by atoms with Crippen LogP contribution in [0.1, 0.15) is 12.8 Å². The van der Waals surface area contributed by atoms with Gasteiger partial charge in [0.1, 0.15) is 0 Å². The Morgan fingerprint density at radius 3 is 2.52 bits per heavy atom. The van der Waals surface area contributed by atoms with E-state index in [1.165, 1.54) is 18.2 Å². The Morgan fingerprint density at radius 2 is 1.88 bits per heavy atom. The number of para-hydroxylation sites is 1. The van der Waals surface area contributed by atoms with Crippen LogP contribution in [0.25, 0.3) is 0 Å². The summed E-state index contributed by atoms with van der Waals surface area (Å²) in [6, 6.07) is 5.12. The van der Waals surface area contributed by atoms with Gasteiger partial charge in [0.15, 0.2) is 4.90 Å². The van der Waals surface area contributed by atoms with Crippen LogP contribution in [0.4, 0.5) is 5.69 Å². The highest BCUT2D eigenvalue weighted by atomic mass is 35.5. The van der Waals surface area contributed by atoms with Crippen molar-refractivity contribution < 1.29 is 18.1 Å². The molecule has 0 bridgehead atoms. The van der Waals surface area contributed by atoms with Crippen molar-refractivity contribution in [3.63, 3.8) is 0 Å². The van der Waals surface area contributed by atoms with E-state index in [0.29, 0.717) is 0 Å². The molecule has 1 aromatic rings. The van der Waals surface area contributed by atoms with Gasteiger partial charge < -0.3 is 10.6 Å². The molecule has 1 saturated heterocycles. The second kappa shape index (κ2) is 9.66. The fourth-order valence-electron chi connectivity index (χ4n) is 2.51. The zero-order valence-electron chi connectivity index (χ0n) is 13.4. The van der Waals surface area contributed by atoms with Crippen LogP contribution in [-0.2, 0) is 14.8 Å². The number of hydrogen-bond acceptors (Lipinski definition) is 6. The highest BCUT2D eigenvalue weighted by molar-refractivity contribution is 7.89. The highest BCUT2D eigenvalue weighted by Gasteiger charge is 2.25. The lowest BCUT2D eigenvalue weighted by Gasteiger charge is -2.21. The van der Waals surface area contributed by atoms with E-state index in [0.717, 1.165) is 32.0 Å². The molecule has 0 aliphatic carbocycles. The third kappa shape index (κ3) is 5.92. The Hall–Kier alpha value is -1.75. The molecule has 0 saturated carbocycles. The standard InChI is InChI=1S/C14H20N4O5S.ClH/c19-14(11-5-7-15-8-6-11)16-9-10-17-24(22,23)13-4-2-1-3-12(13)18(20)21;/h1-4,11,15,17H,5-10H2,(H,16,19);1H. The van der Waals surface area contributed by atoms with Crippen molar-refractivity contribution in [2.75, 3.05) is 26.2 Å². The molecule has 1 aliphatic rings. The Kier molecular flexibility index (Phi) is 8.23. The third-order valence-electron chi connectivity index (χ3n) is 3.78. The predicted octanol–water partition coefficient (Wildman–Crippen LogP) is 0.411. The van der Waals surface area contributed by atoms with Gasteiger partial charge in [-0.25, -0.2) is 13.1 Å². The first-order valence-corrected chi connectivity index (χ1v) is 9.11. The molecule has 1 aromatic carbocycles. The average molecular weight is 393 g/mol. The summed E-state index contributed by atoms with van der Waals surface area (Å²) in [6.07, 6.45) is 1.52. The molecule has 11 heteroatoms. The van der Waals surface area contributed by atoms with Crippen molar-refractivity contribution in [2.45, 2.75) is 17.7 Å². The van der Waals surface area contributed by atoms with E-state index in [1.807, 2.05) is 0 Å². The predicted molar refractivity (Wildman–Crippen MR) is 94.1 cm³/mol. The summed E-state index contributed by atoms with van der Waals surface area (Å²) in [4.78, 5) is 21.7. The first-order valence-electron chi connectivity index (χ1n) is 7.63. The van der Waals surface area contributed by atoms with E-state index in [1.54, 1.807) is 0 Å². The average Bonchev–Trinajstić information content (AvgIpc) is 2.59. The lowest BCUT2D eigenvalue weighted by molar-refractivity contribution is -0.387. The number of benzene rings is 1. The van der Waals surface area contributed by atoms with E-state index < -0.39 is 20.6 Å². The van der Waals surface area contributed by atoms with Crippen LogP contribution >= 0.6 is 12.4 Å². The molecular formula is C14H21ClN4O5S. The molecule has 9 nitrogen and oxygen atoms in total. The van der Waals surface area contributed by atoms with E-state index in [-0.39, 0.29) is 42.2 Å². The van der Waals surface area contributed by atoms with Crippen LogP contribution in [0, 0.1) is 16.0 Å². The number of hydrogen-bond donors (Lipinski definition) is 3. The van der Waals surface area contributed by atoms with E-state index in [9.17, 15) is 23.3 Å². The molecule has 0 unspecified atom stereocenters. The number of piperidine rings is 1. The smallest absolute Gasteiger partial charge is 0.289 e. The molecule has 1 fully saturated rings. The Bertz CT molecular complexity index is 707. The number of nitrogens with one attached hydrogen (secondary N) is 3. The molecule has 25 heavy (non-hydrogen) atoms. The van der Waals surface area contributed by atoms with Crippen LogP contribution in [0.5, 0.6) is 0 Å². The number of amides is 1. The van der Waals surface area contributed by atoms with Crippen LogP contribution in [0.3, 0.4) is 0 Å². The molecular weight excluding hydrogens is 372 g/mol. The molecule has 2 rings (SSSR count). The molecule has 0 spiro atoms. The summed E-state index contributed by atoms with van der Waals surface area (Å²) in [5.41, 5.74) is -0.483. The van der Waals surface area contributed by atoms with Crippen LogP contribution < -0.4 is 15.4 Å².